The van der Waals surface area contributed by atoms with Crippen LogP contribution >= 0.6 is 0 Å². The van der Waals surface area contributed by atoms with Crippen LogP contribution in [0.3, 0.4) is 0 Å². The molecule has 5 rings (SSSR count). The van der Waals surface area contributed by atoms with E-state index in [0.717, 1.165) is 116 Å². The molecule has 28 atom stereocenters. The van der Waals surface area contributed by atoms with Gasteiger partial charge in [-0.25, -0.2) is 9.59 Å². The van der Waals surface area contributed by atoms with Gasteiger partial charge in [-0.1, -0.05) is 95.8 Å². The summed E-state index contributed by atoms with van der Waals surface area (Å²) >= 11 is 0. The number of rotatable bonds is 36. The standard InChI is InChI=1S/C75H119N11O35/c1-8-10-11-12-13-14-15-16-17-18-19-20-42(118-73-60(103)61(41(91)31-115-73)120-75-59(102)56(99)57(100)62(121-75)71(112)113)54(97)70(111)83-48(33(4)89)65(106)84-49-34(5)116-72(114)40(26-28-45(77)93)81-69(110)51(35(6)117-74-58(101)55(98)53(96)43(30-87)119-74)86(7)46(94)29-78-63(104)39(25-27-44(76)92)80-64(105)38(9-2)79-68(109)50(52(95)36-21-23-37(90)24-22-36)85-66(107)47(32(3)88)82-67(49)108/h9,21-24,32-35,39-43,47-62,73-75,87-91,95-103H,8,10-20,25-31H2,1-7H3,(H2,76,92)(H2,77,93)(H,78,104)(H,79,109)(H,80,105)(H,81,110)(H,82,108)(H,83,111)(H,84,106)(H,85,107)(H,112,113)/b38-9-/t32-,33-,34+,35-,39+,40-,41-,42-,43+,47-,48-,49+,50-,51+,52-,53+,54-,55-,56-,57+,58-,59+,60+,61-,62-,73+,74+,75+/m1/s1. The molecule has 684 valence electrons. The molecule has 4 aliphatic heterocycles. The van der Waals surface area contributed by atoms with Crippen molar-refractivity contribution < 1.29 is 172 Å². The van der Waals surface area contributed by atoms with Gasteiger partial charge in [0.05, 0.1) is 44.2 Å². The van der Waals surface area contributed by atoms with E-state index >= 15 is 9.59 Å². The summed E-state index contributed by atoms with van der Waals surface area (Å²) in [7, 11) is 0.932. The molecule has 4 heterocycles. The number of carbonyl (C=O) groups excluding carboxylic acids is 12. The van der Waals surface area contributed by atoms with Gasteiger partial charge in [0.2, 0.25) is 53.2 Å². The van der Waals surface area contributed by atoms with Gasteiger partial charge in [0.15, 0.2) is 31.1 Å². The summed E-state index contributed by atoms with van der Waals surface area (Å²) in [5.41, 5.74) is 9.95. The largest absolute Gasteiger partial charge is 0.508 e. The van der Waals surface area contributed by atoms with Crippen LogP contribution < -0.4 is 54.0 Å². The maximum Gasteiger partial charge on any atom is 0.335 e. The molecule has 0 unspecified atom stereocenters. The number of cyclic esters (lactones) is 1. The number of carboxylic acid groups (broad SMARTS) is 1. The summed E-state index contributed by atoms with van der Waals surface area (Å²) in [6.07, 6.45) is -36.5. The molecule has 11 amide bonds. The van der Waals surface area contributed by atoms with Crippen molar-refractivity contribution >= 4 is 76.9 Å². The zero-order valence-electron chi connectivity index (χ0n) is 68.0. The van der Waals surface area contributed by atoms with Crippen LogP contribution in [-0.4, -0.2) is 350 Å². The molecule has 4 aliphatic rings. The Kier molecular flexibility index (Phi) is 41.9. The molecule has 46 nitrogen and oxygen atoms in total. The van der Waals surface area contributed by atoms with Crippen LogP contribution in [0.4, 0.5) is 0 Å². The molecule has 1 aromatic rings. The Bertz CT molecular complexity index is 3640. The number of carbonyl (C=O) groups is 13. The van der Waals surface area contributed by atoms with Crippen LogP contribution in [0.15, 0.2) is 36.0 Å². The van der Waals surface area contributed by atoms with E-state index in [1.807, 2.05) is 0 Å². The number of nitrogens with one attached hydrogen (secondary N) is 8. The number of allylic oxidation sites excluding steroid dienone is 1. The quantitative estimate of drug-likeness (QED) is 0.0169. The number of benzene rings is 1. The highest BCUT2D eigenvalue weighted by Gasteiger charge is 2.53. The number of phenols is 1. The molecule has 4 fully saturated rings. The number of nitrogens with zero attached hydrogens (tertiary/aromatic N) is 1. The average Bonchev–Trinajstić information content (AvgIpc) is 0.811. The van der Waals surface area contributed by atoms with Gasteiger partial charge in [0, 0.05) is 19.9 Å². The van der Waals surface area contributed by atoms with Crippen molar-refractivity contribution in [1.82, 2.24) is 47.4 Å². The lowest BCUT2D eigenvalue weighted by Gasteiger charge is -2.44. The van der Waals surface area contributed by atoms with Gasteiger partial charge in [-0.2, -0.15) is 0 Å². The summed E-state index contributed by atoms with van der Waals surface area (Å²) < 4.78 is 39.5. The van der Waals surface area contributed by atoms with E-state index in [2.05, 4.69) is 49.5 Å². The van der Waals surface area contributed by atoms with Crippen LogP contribution in [0.1, 0.15) is 156 Å². The van der Waals surface area contributed by atoms with Gasteiger partial charge in [-0.3, -0.25) is 52.7 Å². The van der Waals surface area contributed by atoms with E-state index in [9.17, 15) is 129 Å². The van der Waals surface area contributed by atoms with Crippen LogP contribution in [0.5, 0.6) is 5.75 Å². The van der Waals surface area contributed by atoms with Gasteiger partial charge in [0.1, 0.15) is 127 Å². The summed E-state index contributed by atoms with van der Waals surface area (Å²) in [4.78, 5) is 184. The SMILES string of the molecule is C/C=C1\NC(=O)[C@@H]([C@H](O)c2ccc(O)cc2)NC(=O)[C@@H]([C@@H](C)O)NC(=O)[C@@H](NC(=O)[C@H](NC(=O)[C@H](O)[C@@H](CCCCCCCCCCCCC)O[C@@H]2OC[C@@H](O)[C@@H](O[C@H]3O[C@@H](C(=O)O)[C@@H](O)[C@@H](O)[C@@H]3O)[C@@H]2O)[C@@H](C)O)[C@H](C)OC(=O)[C@@H](CCC(N)=O)NC(=O)[C@H]([C@@H](C)O[C@H]2O[C@@H](CO)[C@H](O)[C@@H](O)[C@H]2O)N(C)C(=O)CNC(=O)[C@H](CCC(N)=O)NC1=O. The first-order chi connectivity index (χ1) is 57.0. The second-order valence-corrected chi connectivity index (χ2v) is 30.1. The Morgan fingerprint density at radius 3 is 1.79 bits per heavy atom. The number of amides is 11. The fourth-order valence-corrected chi connectivity index (χ4v) is 13.5. The number of likely N-dealkylation sites (N-methyl/N-ethyl adjacent to an activating group) is 1. The molecule has 4 saturated heterocycles. The fraction of sp³-hybridized carbons (Fsp3) is 0.720. The van der Waals surface area contributed by atoms with Crippen molar-refractivity contribution in [3.63, 3.8) is 0 Å². The molecule has 1 aromatic carbocycles. The third-order valence-corrected chi connectivity index (χ3v) is 20.7. The number of carboxylic acids is 1. The molecule has 0 aromatic heterocycles. The number of ether oxygens (including phenoxy) is 7. The monoisotopic (exact) mass is 1730 g/mol. The first kappa shape index (κ1) is 103. The highest BCUT2D eigenvalue weighted by Crippen LogP contribution is 2.31. The van der Waals surface area contributed by atoms with E-state index in [1.54, 1.807) is 0 Å². The number of hydrogen-bond donors (Lipinski definition) is 25. The molecule has 46 heteroatoms. The molecule has 121 heavy (non-hydrogen) atoms. The van der Waals surface area contributed by atoms with Crippen molar-refractivity contribution in [2.45, 2.75) is 315 Å². The number of unbranched alkanes of at least 4 members (excludes halogenated alkanes) is 10. The number of aliphatic hydroxyl groups excluding tert-OH is 13. The Morgan fingerprint density at radius 1 is 0.653 bits per heavy atom. The van der Waals surface area contributed by atoms with E-state index in [0.29, 0.717) is 17.7 Å². The first-order valence-electron chi connectivity index (χ1n) is 39.8. The maximum atomic E-state index is 15.2. The molecule has 27 N–H and O–H groups in total. The van der Waals surface area contributed by atoms with Gasteiger partial charge in [-0.15, -0.1) is 0 Å². The molecule has 0 aliphatic carbocycles. The van der Waals surface area contributed by atoms with Crippen LogP contribution in [0.25, 0.3) is 0 Å². The number of aliphatic hydroxyl groups is 13. The second-order valence-electron chi connectivity index (χ2n) is 30.1. The Morgan fingerprint density at radius 2 is 1.22 bits per heavy atom. The highest BCUT2D eigenvalue weighted by molar-refractivity contribution is 6.03. The number of aliphatic carboxylic acids is 1. The molecular formula is C75H119N11O35. The molecule has 0 saturated carbocycles. The minimum absolute atomic E-state index is 0.171. The Hall–Kier alpha value is -8.89. The van der Waals surface area contributed by atoms with Crippen molar-refractivity contribution in [1.29, 1.82) is 0 Å². The van der Waals surface area contributed by atoms with E-state index in [1.165, 1.54) is 6.92 Å². The summed E-state index contributed by atoms with van der Waals surface area (Å²) in [5, 5.41) is 180. The summed E-state index contributed by atoms with van der Waals surface area (Å²) in [6, 6.07) is -11.4. The van der Waals surface area contributed by atoms with Crippen LogP contribution in [0, 0.1) is 0 Å². The predicted molar refractivity (Wildman–Crippen MR) is 409 cm³/mol. The predicted octanol–water partition coefficient (Wildman–Crippen LogP) is -9.46. The number of esters is 1. The normalized spacial score (nSPS) is 31.4. The van der Waals surface area contributed by atoms with E-state index in [4.69, 9.17) is 44.6 Å². The zero-order valence-corrected chi connectivity index (χ0v) is 68.0. The number of hydrogen-bond acceptors (Lipinski definition) is 34. The van der Waals surface area contributed by atoms with Gasteiger partial charge < -0.3 is 169 Å². The molecule has 0 radical (unpaired) electrons. The van der Waals surface area contributed by atoms with Crippen molar-refractivity contribution in [3.8, 4) is 5.75 Å². The fourth-order valence-electron chi connectivity index (χ4n) is 13.5. The van der Waals surface area contributed by atoms with Crippen molar-refractivity contribution in [3.05, 3.63) is 41.6 Å². The van der Waals surface area contributed by atoms with Gasteiger partial charge >= 0.3 is 11.9 Å². The highest BCUT2D eigenvalue weighted by atomic mass is 16.7. The van der Waals surface area contributed by atoms with Crippen molar-refractivity contribution in [2.75, 3.05) is 26.8 Å². The third kappa shape index (κ3) is 30.0. The number of primary amides is 2. The topological polar surface area (TPSA) is 741 Å². The van der Waals surface area contributed by atoms with E-state index < -0.39 is 299 Å². The summed E-state index contributed by atoms with van der Waals surface area (Å²) in [6.45, 7) is 4.18. The van der Waals surface area contributed by atoms with Crippen LogP contribution in [-0.2, 0) is 95.5 Å². The van der Waals surface area contributed by atoms with Crippen molar-refractivity contribution in [2.24, 2.45) is 11.5 Å². The minimum atomic E-state index is -2.51. The van der Waals surface area contributed by atoms with Crippen LogP contribution in [0.2, 0.25) is 0 Å². The van der Waals surface area contributed by atoms with Gasteiger partial charge in [-0.05, 0) is 71.6 Å². The third-order valence-electron chi connectivity index (χ3n) is 20.7. The number of phenolic OH excluding ortho intramolecular Hbond substituents is 1. The minimum Gasteiger partial charge on any atom is -0.508 e. The maximum absolute atomic E-state index is 15.2. The summed E-state index contributed by atoms with van der Waals surface area (Å²) in [5.74, 6) is -19.1. The zero-order chi connectivity index (χ0) is 90.6. The molecule has 0 bridgehead atoms. The average molecular weight is 1730 g/mol. The Balaban J connectivity index is 1.62. The molecule has 0 spiro atoms. The molecular weight excluding hydrogens is 1610 g/mol. The second kappa shape index (κ2) is 49.4. The smallest absolute Gasteiger partial charge is 0.335 e. The lowest BCUT2D eigenvalue weighted by atomic mass is 9.98. The number of aromatic hydroxyl groups is 1. The first-order valence-corrected chi connectivity index (χ1v) is 39.8. The van der Waals surface area contributed by atoms with E-state index in [-0.39, 0.29) is 24.2 Å². The lowest BCUT2D eigenvalue weighted by molar-refractivity contribution is -0.349. The number of nitrogens with two attached hydrogens (primary N) is 2. The lowest BCUT2D eigenvalue weighted by Crippen LogP contribution is -2.65. The van der Waals surface area contributed by atoms with Gasteiger partial charge in [0.25, 0.3) is 11.8 Å². The Labute approximate surface area is 695 Å².